The van der Waals surface area contributed by atoms with Crippen LogP contribution < -0.4 is 4.90 Å². The van der Waals surface area contributed by atoms with E-state index in [1.807, 2.05) is 0 Å². The van der Waals surface area contributed by atoms with Crippen LogP contribution in [0.4, 0.5) is 17.1 Å². The van der Waals surface area contributed by atoms with Crippen LogP contribution in [0, 0.1) is 0 Å². The van der Waals surface area contributed by atoms with Crippen LogP contribution in [-0.4, -0.2) is 0 Å². The van der Waals surface area contributed by atoms with Gasteiger partial charge in [-0.3, -0.25) is 0 Å². The Labute approximate surface area is 318 Å². The maximum Gasteiger partial charge on any atom is 0.0468 e. The summed E-state index contributed by atoms with van der Waals surface area (Å²) >= 11 is 0. The first-order valence-electron chi connectivity index (χ1n) is 19.4. The summed E-state index contributed by atoms with van der Waals surface area (Å²) in [6.07, 6.45) is 0. The highest BCUT2D eigenvalue weighted by molar-refractivity contribution is 6.07. The number of benzene rings is 8. The van der Waals surface area contributed by atoms with Crippen LogP contribution in [0.1, 0.15) is 74.9 Å². The van der Waals surface area contributed by atoms with Gasteiger partial charge in [-0.15, -0.1) is 0 Å². The van der Waals surface area contributed by atoms with Crippen molar-refractivity contribution in [2.45, 2.75) is 57.8 Å². The molecule has 0 fully saturated rings. The number of hydrogen-bond acceptors (Lipinski definition) is 1. The standard InChI is InChI=1S/C53H43N/c1-51(2)44-19-13-12-18-39(44)42-30-48-43(31-47(42)51)40-26-23-36(29-46(40)52(48,3)4)54(34-15-8-7-9-16-34)35-22-25-38-33(28-35)20-24-41-49-37-17-11-10-14-32(37)21-27-45(49)53(5,6)50(38)41/h7-31H,1-6H3. The SMILES string of the molecule is CC1(C)c2ccccc2-c2cc3c(cc21)-c1ccc(N(c2ccccc2)c2ccc4c5c(ccc4c2)-c2c(ccc4ccccc24)C5(C)C)cc1C3(C)C. The molecule has 8 aromatic rings. The first-order chi connectivity index (χ1) is 26.0. The number of rotatable bonds is 3. The van der Waals surface area contributed by atoms with Gasteiger partial charge in [-0.2, -0.15) is 0 Å². The third kappa shape index (κ3) is 4.05. The Morgan fingerprint density at radius 3 is 1.72 bits per heavy atom. The van der Waals surface area contributed by atoms with Crippen LogP contribution in [0.3, 0.4) is 0 Å². The zero-order valence-corrected chi connectivity index (χ0v) is 31.9. The van der Waals surface area contributed by atoms with Gasteiger partial charge in [0.05, 0.1) is 0 Å². The lowest BCUT2D eigenvalue weighted by Crippen LogP contribution is -2.17. The number of nitrogens with zero attached hydrogens (tertiary/aromatic N) is 1. The average Bonchev–Trinajstić information content (AvgIpc) is 3.67. The first kappa shape index (κ1) is 31.6. The molecule has 0 saturated carbocycles. The molecule has 260 valence electrons. The van der Waals surface area contributed by atoms with Crippen molar-refractivity contribution in [1.82, 2.24) is 0 Å². The molecule has 0 heterocycles. The van der Waals surface area contributed by atoms with E-state index < -0.39 is 0 Å². The molecule has 0 saturated heterocycles. The van der Waals surface area contributed by atoms with Gasteiger partial charge in [0, 0.05) is 33.3 Å². The fraction of sp³-hybridized carbons (Fsp3) is 0.170. The van der Waals surface area contributed by atoms with Crippen LogP contribution in [-0.2, 0) is 16.2 Å². The third-order valence-corrected chi connectivity index (χ3v) is 13.4. The zero-order valence-electron chi connectivity index (χ0n) is 31.9. The second-order valence-corrected chi connectivity index (χ2v) is 17.4. The maximum absolute atomic E-state index is 2.51. The zero-order chi connectivity index (χ0) is 36.7. The van der Waals surface area contributed by atoms with E-state index in [0.717, 1.165) is 11.4 Å². The van der Waals surface area contributed by atoms with Crippen molar-refractivity contribution in [1.29, 1.82) is 0 Å². The molecule has 3 aliphatic rings. The molecule has 0 radical (unpaired) electrons. The van der Waals surface area contributed by atoms with E-state index in [0.29, 0.717) is 0 Å². The predicted octanol–water partition coefficient (Wildman–Crippen LogP) is 14.4. The van der Waals surface area contributed by atoms with Crippen molar-refractivity contribution in [3.05, 3.63) is 185 Å². The molecule has 0 N–H and O–H groups in total. The lowest BCUT2D eigenvalue weighted by Gasteiger charge is -2.29. The number of fused-ring (bicyclic) bond motifs is 13. The molecule has 3 aliphatic carbocycles. The second kappa shape index (κ2) is 10.6. The Bertz CT molecular complexity index is 2900. The van der Waals surface area contributed by atoms with Crippen LogP contribution in [0.2, 0.25) is 0 Å². The Morgan fingerprint density at radius 1 is 0.333 bits per heavy atom. The minimum Gasteiger partial charge on any atom is -0.310 e. The normalized spacial score (nSPS) is 16.0. The van der Waals surface area contributed by atoms with E-state index in [4.69, 9.17) is 0 Å². The predicted molar refractivity (Wildman–Crippen MR) is 229 cm³/mol. The van der Waals surface area contributed by atoms with E-state index in [9.17, 15) is 0 Å². The second-order valence-electron chi connectivity index (χ2n) is 17.4. The fourth-order valence-electron chi connectivity index (χ4n) is 10.6. The summed E-state index contributed by atoms with van der Waals surface area (Å²) in [5.41, 5.74) is 20.0. The molecular formula is C53H43N. The maximum atomic E-state index is 2.51. The highest BCUT2D eigenvalue weighted by Gasteiger charge is 2.42. The minimum atomic E-state index is -0.144. The van der Waals surface area contributed by atoms with Crippen LogP contribution in [0.15, 0.2) is 152 Å². The summed E-state index contributed by atoms with van der Waals surface area (Å²) in [5.74, 6) is 0. The number of hydrogen-bond donors (Lipinski definition) is 0. The molecule has 0 aliphatic heterocycles. The molecule has 0 spiro atoms. The summed E-state index contributed by atoms with van der Waals surface area (Å²) in [4.78, 5) is 2.44. The molecule has 0 aromatic heterocycles. The monoisotopic (exact) mass is 693 g/mol. The number of anilines is 3. The van der Waals surface area contributed by atoms with E-state index >= 15 is 0 Å². The van der Waals surface area contributed by atoms with Gasteiger partial charge < -0.3 is 4.90 Å². The molecule has 11 rings (SSSR count). The highest BCUT2D eigenvalue weighted by atomic mass is 15.1. The minimum absolute atomic E-state index is 0.0279. The molecule has 0 amide bonds. The summed E-state index contributed by atoms with van der Waals surface area (Å²) in [5, 5.41) is 5.24. The van der Waals surface area contributed by atoms with Crippen LogP contribution in [0.5, 0.6) is 0 Å². The highest BCUT2D eigenvalue weighted by Crippen LogP contribution is 2.57. The first-order valence-corrected chi connectivity index (χ1v) is 19.4. The van der Waals surface area contributed by atoms with Crippen LogP contribution in [0.25, 0.3) is 54.9 Å². The lowest BCUT2D eigenvalue weighted by molar-refractivity contribution is 0.652. The molecule has 1 heteroatoms. The lowest BCUT2D eigenvalue weighted by atomic mass is 9.79. The summed E-state index contributed by atoms with van der Waals surface area (Å²) in [6, 6.07) is 57.4. The van der Waals surface area contributed by atoms with Gasteiger partial charge in [0.1, 0.15) is 0 Å². The van der Waals surface area contributed by atoms with E-state index in [2.05, 4.69) is 198 Å². The van der Waals surface area contributed by atoms with Crippen molar-refractivity contribution in [3.63, 3.8) is 0 Å². The van der Waals surface area contributed by atoms with Gasteiger partial charge in [-0.1, -0.05) is 145 Å². The van der Waals surface area contributed by atoms with E-state index in [1.54, 1.807) is 0 Å². The van der Waals surface area contributed by atoms with E-state index in [-0.39, 0.29) is 16.2 Å². The molecule has 8 aromatic carbocycles. The van der Waals surface area contributed by atoms with Crippen molar-refractivity contribution >= 4 is 38.6 Å². The van der Waals surface area contributed by atoms with Crippen molar-refractivity contribution in [2.24, 2.45) is 0 Å². The van der Waals surface area contributed by atoms with E-state index in [1.165, 1.54) is 94.0 Å². The van der Waals surface area contributed by atoms with Crippen LogP contribution >= 0.6 is 0 Å². The Balaban J connectivity index is 1.06. The summed E-state index contributed by atoms with van der Waals surface area (Å²) < 4.78 is 0. The van der Waals surface area contributed by atoms with Gasteiger partial charge in [-0.25, -0.2) is 0 Å². The van der Waals surface area contributed by atoms with Gasteiger partial charge in [0.2, 0.25) is 0 Å². The Kier molecular flexibility index (Phi) is 6.21. The number of para-hydroxylation sites is 1. The smallest absolute Gasteiger partial charge is 0.0468 e. The molecular weight excluding hydrogens is 651 g/mol. The van der Waals surface area contributed by atoms with Gasteiger partial charge >= 0.3 is 0 Å². The van der Waals surface area contributed by atoms with Gasteiger partial charge in [0.25, 0.3) is 0 Å². The largest absolute Gasteiger partial charge is 0.310 e. The molecule has 0 atom stereocenters. The quantitative estimate of drug-likeness (QED) is 0.178. The molecule has 1 nitrogen and oxygen atoms in total. The topological polar surface area (TPSA) is 3.24 Å². The fourth-order valence-corrected chi connectivity index (χ4v) is 10.6. The third-order valence-electron chi connectivity index (χ3n) is 13.4. The van der Waals surface area contributed by atoms with Crippen molar-refractivity contribution < 1.29 is 0 Å². The molecule has 54 heavy (non-hydrogen) atoms. The molecule has 0 bridgehead atoms. The van der Waals surface area contributed by atoms with Gasteiger partial charge in [0.15, 0.2) is 0 Å². The van der Waals surface area contributed by atoms with Crippen molar-refractivity contribution in [2.75, 3.05) is 4.90 Å². The summed E-state index contributed by atoms with van der Waals surface area (Å²) in [6.45, 7) is 14.4. The van der Waals surface area contributed by atoms with Crippen molar-refractivity contribution in [3.8, 4) is 33.4 Å². The molecule has 0 unspecified atom stereocenters. The summed E-state index contributed by atoms with van der Waals surface area (Å²) in [7, 11) is 0. The average molecular weight is 694 g/mol. The van der Waals surface area contributed by atoms with Gasteiger partial charge in [-0.05, 0) is 137 Å². The Hall–Kier alpha value is -5.92. The Morgan fingerprint density at radius 2 is 0.926 bits per heavy atom.